The van der Waals surface area contributed by atoms with E-state index < -0.39 is 44.6 Å². The molecule has 10 nitrogen and oxygen atoms in total. The van der Waals surface area contributed by atoms with Gasteiger partial charge in [0.15, 0.2) is 6.61 Å². The number of sulfonamides is 2. The Kier molecular flexibility index (Phi) is 9.11. The highest BCUT2D eigenvalue weighted by Gasteiger charge is 2.24. The van der Waals surface area contributed by atoms with Crippen LogP contribution in [0.1, 0.15) is 20.8 Å². The molecular weight excluding hydrogens is 470 g/mol. The molecule has 2 aromatic rings. The number of esters is 1. The molecule has 2 N–H and O–H groups in total. The number of nitrogens with one attached hydrogen (secondary N) is 2. The normalized spacial score (nSPS) is 12.8. The summed E-state index contributed by atoms with van der Waals surface area (Å²) < 4.78 is 58.2. The molecule has 0 aliphatic rings. The lowest BCUT2D eigenvalue weighted by Crippen LogP contribution is -2.40. The second kappa shape index (κ2) is 11.4. The molecule has 0 heterocycles. The van der Waals surface area contributed by atoms with Crippen LogP contribution in [0.25, 0.3) is 0 Å². The zero-order valence-corrected chi connectivity index (χ0v) is 20.1. The Morgan fingerprint density at radius 3 is 2.15 bits per heavy atom. The molecule has 180 valence electrons. The molecule has 0 radical (unpaired) electrons. The van der Waals surface area contributed by atoms with Crippen LogP contribution in [0, 0.1) is 0 Å². The van der Waals surface area contributed by atoms with E-state index in [0.29, 0.717) is 13.1 Å². The zero-order chi connectivity index (χ0) is 24.6. The lowest BCUT2D eigenvalue weighted by molar-refractivity contribution is -0.148. The maximum absolute atomic E-state index is 12.6. The number of carbonyl (C=O) groups excluding carboxylic acids is 2. The predicted octanol–water partition coefficient (Wildman–Crippen LogP) is 1.57. The summed E-state index contributed by atoms with van der Waals surface area (Å²) in [6.45, 7) is 4.67. The number of nitrogens with zero attached hydrogens (tertiary/aromatic N) is 1. The van der Waals surface area contributed by atoms with E-state index in [0.717, 1.165) is 0 Å². The van der Waals surface area contributed by atoms with Gasteiger partial charge in [0.1, 0.15) is 6.04 Å². The molecule has 2 aromatic carbocycles. The van der Waals surface area contributed by atoms with E-state index in [1.807, 2.05) is 0 Å². The van der Waals surface area contributed by atoms with E-state index in [2.05, 4.69) is 10.0 Å². The summed E-state index contributed by atoms with van der Waals surface area (Å²) in [6.07, 6.45) is 0. The van der Waals surface area contributed by atoms with Gasteiger partial charge in [-0.1, -0.05) is 38.1 Å². The molecule has 0 aliphatic heterocycles. The van der Waals surface area contributed by atoms with Gasteiger partial charge >= 0.3 is 5.97 Å². The Balaban J connectivity index is 1.96. The Hall–Kier alpha value is -2.80. The van der Waals surface area contributed by atoms with Gasteiger partial charge in [0.2, 0.25) is 20.0 Å². The van der Waals surface area contributed by atoms with Crippen LogP contribution in [-0.4, -0.2) is 58.8 Å². The molecule has 0 aliphatic carbocycles. The highest BCUT2D eigenvalue weighted by Crippen LogP contribution is 2.19. The molecule has 33 heavy (non-hydrogen) atoms. The van der Waals surface area contributed by atoms with E-state index in [-0.39, 0.29) is 15.5 Å². The summed E-state index contributed by atoms with van der Waals surface area (Å²) >= 11 is 0. The minimum atomic E-state index is -3.93. The van der Waals surface area contributed by atoms with Crippen LogP contribution in [0.3, 0.4) is 0 Å². The number of carbonyl (C=O) groups is 2. The van der Waals surface area contributed by atoms with Crippen molar-refractivity contribution in [3.8, 4) is 0 Å². The van der Waals surface area contributed by atoms with Gasteiger partial charge < -0.3 is 10.1 Å². The van der Waals surface area contributed by atoms with Crippen LogP contribution in [0.15, 0.2) is 64.4 Å². The van der Waals surface area contributed by atoms with E-state index in [9.17, 15) is 26.4 Å². The molecule has 0 spiro atoms. The first-order chi connectivity index (χ1) is 15.5. The van der Waals surface area contributed by atoms with Gasteiger partial charge in [0, 0.05) is 18.8 Å². The molecule has 0 aromatic heterocycles. The maximum Gasteiger partial charge on any atom is 0.324 e. The number of amides is 1. The highest BCUT2D eigenvalue weighted by atomic mass is 32.2. The van der Waals surface area contributed by atoms with Crippen LogP contribution in [0.4, 0.5) is 5.69 Å². The van der Waals surface area contributed by atoms with Gasteiger partial charge in [0.05, 0.1) is 9.79 Å². The number of ether oxygens (including phenoxy) is 1. The summed E-state index contributed by atoms with van der Waals surface area (Å²) in [5.74, 6) is -1.65. The van der Waals surface area contributed by atoms with E-state index in [1.54, 1.807) is 32.0 Å². The Morgan fingerprint density at radius 2 is 1.55 bits per heavy atom. The summed E-state index contributed by atoms with van der Waals surface area (Å²) in [4.78, 5) is 24.3. The van der Waals surface area contributed by atoms with Crippen molar-refractivity contribution in [1.29, 1.82) is 0 Å². The average molecular weight is 498 g/mol. The third kappa shape index (κ3) is 7.09. The van der Waals surface area contributed by atoms with E-state index in [1.165, 1.54) is 47.6 Å². The molecule has 0 bridgehead atoms. The highest BCUT2D eigenvalue weighted by molar-refractivity contribution is 7.89. The smallest absolute Gasteiger partial charge is 0.324 e. The molecule has 1 atom stereocenters. The Labute approximate surface area is 194 Å². The molecule has 1 amide bonds. The van der Waals surface area contributed by atoms with Crippen molar-refractivity contribution in [3.05, 3.63) is 54.6 Å². The van der Waals surface area contributed by atoms with Crippen LogP contribution in [0.2, 0.25) is 0 Å². The minimum absolute atomic E-state index is 0.0121. The van der Waals surface area contributed by atoms with Crippen molar-refractivity contribution in [1.82, 2.24) is 9.03 Å². The topological polar surface area (TPSA) is 139 Å². The zero-order valence-electron chi connectivity index (χ0n) is 18.5. The van der Waals surface area contributed by atoms with Crippen molar-refractivity contribution in [2.75, 3.05) is 25.0 Å². The van der Waals surface area contributed by atoms with Crippen molar-refractivity contribution in [2.45, 2.75) is 36.6 Å². The lowest BCUT2D eigenvalue weighted by Gasteiger charge is -2.19. The van der Waals surface area contributed by atoms with Crippen LogP contribution >= 0.6 is 0 Å². The van der Waals surface area contributed by atoms with Crippen LogP contribution in [-0.2, 0) is 34.4 Å². The monoisotopic (exact) mass is 497 g/mol. The van der Waals surface area contributed by atoms with Crippen molar-refractivity contribution < 1.29 is 31.2 Å². The largest absolute Gasteiger partial charge is 0.454 e. The first-order valence-corrected chi connectivity index (χ1v) is 13.1. The van der Waals surface area contributed by atoms with Crippen LogP contribution in [0.5, 0.6) is 0 Å². The summed E-state index contributed by atoms with van der Waals surface area (Å²) in [5, 5.41) is 2.46. The lowest BCUT2D eigenvalue weighted by atomic mass is 10.3. The third-order valence-electron chi connectivity index (χ3n) is 4.55. The van der Waals surface area contributed by atoms with E-state index in [4.69, 9.17) is 4.74 Å². The molecule has 0 saturated carbocycles. The fourth-order valence-corrected chi connectivity index (χ4v) is 5.57. The first-order valence-electron chi connectivity index (χ1n) is 10.1. The Morgan fingerprint density at radius 1 is 0.939 bits per heavy atom. The standard InChI is InChI=1S/C21H27N3O7S2/c1-4-24(5-2)33(29,30)19-13-9-10-17(14-19)22-20(25)15-31-21(26)16(3)23-32(27,28)18-11-7-6-8-12-18/h6-14,16,23H,4-5,15H2,1-3H3,(H,22,25)/t16-/m0/s1. The molecule has 0 saturated heterocycles. The fourth-order valence-electron chi connectivity index (χ4n) is 2.85. The van der Waals surface area contributed by atoms with Gasteiger partial charge in [-0.25, -0.2) is 16.8 Å². The SMILES string of the molecule is CCN(CC)S(=O)(=O)c1cccc(NC(=O)COC(=O)[C@H](C)NS(=O)(=O)c2ccccc2)c1. The summed E-state index contributed by atoms with van der Waals surface area (Å²) in [6, 6.07) is 12.0. The number of anilines is 1. The summed E-state index contributed by atoms with van der Waals surface area (Å²) in [5.41, 5.74) is 0.210. The second-order valence-corrected chi connectivity index (χ2v) is 10.6. The quantitative estimate of drug-likeness (QED) is 0.449. The minimum Gasteiger partial charge on any atom is -0.454 e. The summed E-state index contributed by atoms with van der Waals surface area (Å²) in [7, 11) is -7.64. The molecule has 12 heteroatoms. The number of hydrogen-bond acceptors (Lipinski definition) is 7. The predicted molar refractivity (Wildman–Crippen MR) is 122 cm³/mol. The first kappa shape index (κ1) is 26.5. The van der Waals surface area contributed by atoms with Gasteiger partial charge in [-0.2, -0.15) is 9.03 Å². The second-order valence-electron chi connectivity index (χ2n) is 6.93. The molecular formula is C21H27N3O7S2. The van der Waals surface area contributed by atoms with Crippen molar-refractivity contribution in [3.63, 3.8) is 0 Å². The van der Waals surface area contributed by atoms with E-state index >= 15 is 0 Å². The van der Waals surface area contributed by atoms with Crippen molar-refractivity contribution >= 4 is 37.6 Å². The van der Waals surface area contributed by atoms with Gasteiger partial charge in [0.25, 0.3) is 5.91 Å². The van der Waals surface area contributed by atoms with Gasteiger partial charge in [-0.3, -0.25) is 9.59 Å². The van der Waals surface area contributed by atoms with Crippen molar-refractivity contribution in [2.24, 2.45) is 0 Å². The molecule has 0 unspecified atom stereocenters. The molecule has 0 fully saturated rings. The van der Waals surface area contributed by atoms with Gasteiger partial charge in [-0.05, 0) is 37.3 Å². The number of rotatable bonds is 11. The number of hydrogen-bond donors (Lipinski definition) is 2. The maximum atomic E-state index is 12.6. The fraction of sp³-hybridized carbons (Fsp3) is 0.333. The van der Waals surface area contributed by atoms with Gasteiger partial charge in [-0.15, -0.1) is 0 Å². The average Bonchev–Trinajstić information content (AvgIpc) is 2.78. The Bertz CT molecular complexity index is 1180. The number of benzene rings is 2. The van der Waals surface area contributed by atoms with Crippen LogP contribution < -0.4 is 10.0 Å². The molecule has 2 rings (SSSR count). The third-order valence-corrected chi connectivity index (χ3v) is 8.15.